The van der Waals surface area contributed by atoms with Crippen LogP contribution in [0.2, 0.25) is 0 Å². The summed E-state index contributed by atoms with van der Waals surface area (Å²) in [7, 11) is 0. The number of benzene rings is 1. The summed E-state index contributed by atoms with van der Waals surface area (Å²) in [6.45, 7) is 3.68. The lowest BCUT2D eigenvalue weighted by Gasteiger charge is -2.08. The minimum Gasteiger partial charge on any atom is -0.326 e. The fraction of sp³-hybridized carbons (Fsp3) is 0.231. The molecule has 4 nitrogen and oxygen atoms in total. The molecule has 1 aromatic heterocycles. The number of halogens is 1. The van der Waals surface area contributed by atoms with Crippen LogP contribution in [0.1, 0.15) is 18.2 Å². The van der Waals surface area contributed by atoms with Crippen LogP contribution in [0.3, 0.4) is 0 Å². The maximum absolute atomic E-state index is 13.0. The van der Waals surface area contributed by atoms with Crippen molar-refractivity contribution in [3.63, 3.8) is 0 Å². The number of hydrogen-bond donors (Lipinski definition) is 2. The molecule has 0 radical (unpaired) electrons. The zero-order chi connectivity index (χ0) is 13.1. The summed E-state index contributed by atoms with van der Waals surface area (Å²) in [4.78, 5) is 18.6. The van der Waals surface area contributed by atoms with Gasteiger partial charge in [0.25, 0.3) is 5.56 Å². The van der Waals surface area contributed by atoms with Crippen molar-refractivity contribution in [3.05, 3.63) is 51.7 Å². The number of nitrogens with one attached hydrogen (secondary N) is 2. The van der Waals surface area contributed by atoms with E-state index in [1.807, 2.05) is 6.92 Å². The first kappa shape index (κ1) is 12.3. The molecule has 18 heavy (non-hydrogen) atoms. The lowest BCUT2D eigenvalue weighted by atomic mass is 10.2. The van der Waals surface area contributed by atoms with Crippen molar-refractivity contribution in [2.24, 2.45) is 0 Å². The average Bonchev–Trinajstić information content (AvgIpc) is 2.28. The van der Waals surface area contributed by atoms with Gasteiger partial charge in [-0.15, -0.1) is 0 Å². The van der Waals surface area contributed by atoms with Gasteiger partial charge in [-0.3, -0.25) is 9.78 Å². The Labute approximate surface area is 104 Å². The van der Waals surface area contributed by atoms with Gasteiger partial charge in [0.15, 0.2) is 0 Å². The fourth-order valence-corrected chi connectivity index (χ4v) is 1.79. The van der Waals surface area contributed by atoms with Crippen LogP contribution in [0.4, 0.5) is 16.0 Å². The number of hydrogen-bond acceptors (Lipinski definition) is 3. The van der Waals surface area contributed by atoms with Gasteiger partial charge in [-0.05, 0) is 31.5 Å². The van der Waals surface area contributed by atoms with Crippen LogP contribution in [0.15, 0.2) is 29.1 Å². The lowest BCUT2D eigenvalue weighted by Crippen LogP contribution is -2.17. The molecule has 0 saturated carbocycles. The van der Waals surface area contributed by atoms with Crippen molar-refractivity contribution < 1.29 is 4.39 Å². The van der Waals surface area contributed by atoms with Gasteiger partial charge in [-0.25, -0.2) is 9.37 Å². The van der Waals surface area contributed by atoms with Crippen LogP contribution < -0.4 is 10.9 Å². The van der Waals surface area contributed by atoms with Gasteiger partial charge in [-0.1, -0.05) is 13.0 Å². The maximum Gasteiger partial charge on any atom is 0.255 e. The Kier molecular flexibility index (Phi) is 3.41. The second kappa shape index (κ2) is 5.00. The smallest absolute Gasteiger partial charge is 0.255 e. The SMILES string of the molecule is CCc1c(C)nc(Nc2cccc(F)c2)[nH]c1=O. The molecule has 0 bridgehead atoms. The first-order valence-electron chi connectivity index (χ1n) is 5.72. The topological polar surface area (TPSA) is 57.8 Å². The third-order valence-electron chi connectivity index (χ3n) is 2.66. The summed E-state index contributed by atoms with van der Waals surface area (Å²) in [6, 6.07) is 5.98. The van der Waals surface area contributed by atoms with E-state index in [1.54, 1.807) is 19.1 Å². The molecule has 2 N–H and O–H groups in total. The third-order valence-corrected chi connectivity index (χ3v) is 2.66. The lowest BCUT2D eigenvalue weighted by molar-refractivity contribution is 0.628. The van der Waals surface area contributed by atoms with Crippen molar-refractivity contribution in [1.82, 2.24) is 9.97 Å². The Balaban J connectivity index is 2.33. The number of H-pyrrole nitrogens is 1. The van der Waals surface area contributed by atoms with E-state index in [0.717, 1.165) is 0 Å². The molecule has 0 unspecified atom stereocenters. The molecule has 2 rings (SSSR count). The van der Waals surface area contributed by atoms with Crippen LogP contribution in [-0.4, -0.2) is 9.97 Å². The molecule has 94 valence electrons. The molecule has 0 amide bonds. The van der Waals surface area contributed by atoms with Crippen LogP contribution >= 0.6 is 0 Å². The zero-order valence-electron chi connectivity index (χ0n) is 10.2. The fourth-order valence-electron chi connectivity index (χ4n) is 1.79. The van der Waals surface area contributed by atoms with Crippen molar-refractivity contribution in [3.8, 4) is 0 Å². The Morgan fingerprint density at radius 1 is 1.44 bits per heavy atom. The van der Waals surface area contributed by atoms with Crippen molar-refractivity contribution >= 4 is 11.6 Å². The van der Waals surface area contributed by atoms with Crippen LogP contribution in [0.5, 0.6) is 0 Å². The first-order valence-corrected chi connectivity index (χ1v) is 5.72. The van der Waals surface area contributed by atoms with E-state index in [4.69, 9.17) is 0 Å². The molecule has 0 atom stereocenters. The number of aryl methyl sites for hydroxylation is 1. The van der Waals surface area contributed by atoms with Gasteiger partial charge >= 0.3 is 0 Å². The van der Waals surface area contributed by atoms with E-state index in [1.165, 1.54) is 12.1 Å². The third kappa shape index (κ3) is 2.56. The van der Waals surface area contributed by atoms with Crippen molar-refractivity contribution in [2.45, 2.75) is 20.3 Å². The number of aromatic nitrogens is 2. The largest absolute Gasteiger partial charge is 0.326 e. The Morgan fingerprint density at radius 2 is 2.22 bits per heavy atom. The van der Waals surface area contributed by atoms with E-state index in [2.05, 4.69) is 15.3 Å². The highest BCUT2D eigenvalue weighted by atomic mass is 19.1. The number of aromatic amines is 1. The Morgan fingerprint density at radius 3 is 2.83 bits per heavy atom. The van der Waals surface area contributed by atoms with Crippen molar-refractivity contribution in [1.29, 1.82) is 0 Å². The molecule has 0 fully saturated rings. The highest BCUT2D eigenvalue weighted by Gasteiger charge is 2.06. The van der Waals surface area contributed by atoms with Gasteiger partial charge in [-0.2, -0.15) is 0 Å². The molecule has 0 saturated heterocycles. The minimum absolute atomic E-state index is 0.163. The maximum atomic E-state index is 13.0. The molecule has 0 aliphatic rings. The molecule has 1 heterocycles. The highest BCUT2D eigenvalue weighted by molar-refractivity contribution is 5.53. The van der Waals surface area contributed by atoms with Gasteiger partial charge in [0.1, 0.15) is 5.82 Å². The molecule has 0 aliphatic heterocycles. The van der Waals surface area contributed by atoms with Gasteiger partial charge in [0.05, 0.1) is 0 Å². The zero-order valence-corrected chi connectivity index (χ0v) is 10.2. The van der Waals surface area contributed by atoms with Crippen molar-refractivity contribution in [2.75, 3.05) is 5.32 Å². The molecule has 1 aromatic carbocycles. The molecular weight excluding hydrogens is 233 g/mol. The minimum atomic E-state index is -0.343. The summed E-state index contributed by atoms with van der Waals surface area (Å²) in [5, 5.41) is 2.87. The standard InChI is InChI=1S/C13H14FN3O/c1-3-11-8(2)15-13(17-12(11)18)16-10-6-4-5-9(14)7-10/h4-7H,3H2,1-2H3,(H2,15,16,17,18). The normalized spacial score (nSPS) is 10.4. The summed E-state index contributed by atoms with van der Waals surface area (Å²) < 4.78 is 13.0. The predicted molar refractivity (Wildman–Crippen MR) is 68.7 cm³/mol. The summed E-state index contributed by atoms with van der Waals surface area (Å²) in [5.74, 6) is -0.0236. The molecule has 2 aromatic rings. The molecule has 0 spiro atoms. The van der Waals surface area contributed by atoms with Crippen LogP contribution in [-0.2, 0) is 6.42 Å². The quantitative estimate of drug-likeness (QED) is 0.876. The van der Waals surface area contributed by atoms with Gasteiger partial charge < -0.3 is 5.32 Å². The van der Waals surface area contributed by atoms with Gasteiger partial charge in [0.2, 0.25) is 5.95 Å². The molecule has 5 heteroatoms. The predicted octanol–water partition coefficient (Wildman–Crippen LogP) is 2.52. The highest BCUT2D eigenvalue weighted by Crippen LogP contribution is 2.13. The summed E-state index contributed by atoms with van der Waals surface area (Å²) in [5.41, 5.74) is 1.73. The van der Waals surface area contributed by atoms with E-state index in [9.17, 15) is 9.18 Å². The average molecular weight is 247 g/mol. The van der Waals surface area contributed by atoms with Crippen LogP contribution in [0.25, 0.3) is 0 Å². The summed E-state index contributed by atoms with van der Waals surface area (Å²) >= 11 is 0. The molecular formula is C13H14FN3O. The monoisotopic (exact) mass is 247 g/mol. The summed E-state index contributed by atoms with van der Waals surface area (Å²) in [6.07, 6.45) is 0.633. The number of nitrogens with zero attached hydrogens (tertiary/aromatic N) is 1. The molecule has 0 aliphatic carbocycles. The number of anilines is 2. The van der Waals surface area contributed by atoms with Crippen LogP contribution in [0, 0.1) is 12.7 Å². The van der Waals surface area contributed by atoms with E-state index >= 15 is 0 Å². The van der Waals surface area contributed by atoms with Gasteiger partial charge in [0, 0.05) is 16.9 Å². The Hall–Kier alpha value is -2.17. The Bertz CT molecular complexity index is 622. The van der Waals surface area contributed by atoms with E-state index < -0.39 is 0 Å². The van der Waals surface area contributed by atoms with E-state index in [0.29, 0.717) is 29.3 Å². The first-order chi connectivity index (χ1) is 8.60. The second-order valence-corrected chi connectivity index (χ2v) is 3.97. The number of rotatable bonds is 3. The second-order valence-electron chi connectivity index (χ2n) is 3.97. The van der Waals surface area contributed by atoms with E-state index in [-0.39, 0.29) is 11.4 Å².